The fourth-order valence-corrected chi connectivity index (χ4v) is 3.56. The second-order valence-corrected chi connectivity index (χ2v) is 8.09. The fourth-order valence-electron chi connectivity index (χ4n) is 3.56. The summed E-state index contributed by atoms with van der Waals surface area (Å²) in [4.78, 5) is 32.4. The first kappa shape index (κ1) is 20.6. The molecule has 0 aliphatic heterocycles. The molecular formula is C25H25N3O3. The van der Waals surface area contributed by atoms with Crippen molar-refractivity contribution in [2.45, 2.75) is 33.2 Å². The zero-order chi connectivity index (χ0) is 22.0. The van der Waals surface area contributed by atoms with Gasteiger partial charge in [-0.05, 0) is 43.5 Å². The molecule has 4 aromatic rings. The number of carbonyl (C=O) groups excluding carboxylic acids is 2. The number of benzene rings is 2. The number of para-hydroxylation sites is 2. The molecule has 2 aromatic heterocycles. The first-order valence-corrected chi connectivity index (χ1v) is 10.4. The number of imidazole rings is 1. The maximum atomic E-state index is 12.9. The summed E-state index contributed by atoms with van der Waals surface area (Å²) in [5.74, 6) is 1.62. The normalized spacial score (nSPS) is 12.3. The van der Waals surface area contributed by atoms with Gasteiger partial charge in [0.05, 0.1) is 17.1 Å². The quantitative estimate of drug-likeness (QED) is 0.388. The Morgan fingerprint density at radius 3 is 2.45 bits per heavy atom. The summed E-state index contributed by atoms with van der Waals surface area (Å²) in [6.45, 7) is 5.74. The number of aromatic amines is 1. The summed E-state index contributed by atoms with van der Waals surface area (Å²) in [5.41, 5.74) is 3.25. The lowest BCUT2D eigenvalue weighted by Crippen LogP contribution is -2.30. The molecule has 0 aliphatic rings. The van der Waals surface area contributed by atoms with Crippen LogP contribution in [0.1, 0.15) is 60.0 Å². The van der Waals surface area contributed by atoms with Crippen molar-refractivity contribution in [2.24, 2.45) is 5.92 Å². The summed E-state index contributed by atoms with van der Waals surface area (Å²) in [6, 6.07) is 18.1. The van der Waals surface area contributed by atoms with E-state index in [0.29, 0.717) is 17.2 Å². The van der Waals surface area contributed by atoms with Crippen LogP contribution in [0.3, 0.4) is 0 Å². The number of furan rings is 1. The Balaban J connectivity index is 1.54. The summed E-state index contributed by atoms with van der Waals surface area (Å²) in [7, 11) is 0. The molecule has 2 aromatic carbocycles. The van der Waals surface area contributed by atoms with Gasteiger partial charge < -0.3 is 14.7 Å². The lowest BCUT2D eigenvalue weighted by Gasteiger charge is -2.18. The van der Waals surface area contributed by atoms with Crippen molar-refractivity contribution in [3.05, 3.63) is 77.8 Å². The molecule has 0 bridgehead atoms. The number of carbonyl (C=O) groups is 2. The van der Waals surface area contributed by atoms with Gasteiger partial charge in [0, 0.05) is 11.1 Å². The first-order valence-electron chi connectivity index (χ1n) is 10.4. The van der Waals surface area contributed by atoms with E-state index >= 15 is 0 Å². The van der Waals surface area contributed by atoms with Crippen molar-refractivity contribution in [2.75, 3.05) is 0 Å². The standard InChI is InChI=1S/C25H25N3O3/c1-15(2)14-21(24-26-19-6-4-5-7-20(19)27-24)28-25(30)23-13-12-22(31-23)18-10-8-17(9-11-18)16(3)29/h4-13,15,21H,14H2,1-3H3,(H,26,27)(H,28,30)/t21-/m1/s1. The molecule has 1 amide bonds. The molecule has 1 atom stereocenters. The summed E-state index contributed by atoms with van der Waals surface area (Å²) in [6.07, 6.45) is 0.742. The first-order chi connectivity index (χ1) is 14.9. The van der Waals surface area contributed by atoms with E-state index in [2.05, 4.69) is 29.1 Å². The molecule has 31 heavy (non-hydrogen) atoms. The zero-order valence-corrected chi connectivity index (χ0v) is 17.8. The van der Waals surface area contributed by atoms with Crippen LogP contribution < -0.4 is 5.32 Å². The third-order valence-electron chi connectivity index (χ3n) is 5.16. The number of Topliss-reactive ketones (excluding diaryl/α,β-unsaturated/α-hetero) is 1. The molecule has 2 heterocycles. The van der Waals surface area contributed by atoms with E-state index in [1.807, 2.05) is 36.4 Å². The Labute approximate surface area is 180 Å². The number of hydrogen-bond acceptors (Lipinski definition) is 4. The van der Waals surface area contributed by atoms with Crippen molar-refractivity contribution >= 4 is 22.7 Å². The number of rotatable bonds is 7. The second-order valence-electron chi connectivity index (χ2n) is 8.09. The molecule has 4 rings (SSSR count). The van der Waals surface area contributed by atoms with Crippen LogP contribution in [0.5, 0.6) is 0 Å². The van der Waals surface area contributed by atoms with Crippen LogP contribution in [0.25, 0.3) is 22.4 Å². The minimum Gasteiger partial charge on any atom is -0.451 e. The lowest BCUT2D eigenvalue weighted by molar-refractivity contribution is 0.0902. The van der Waals surface area contributed by atoms with Crippen LogP contribution in [0.4, 0.5) is 0 Å². The maximum Gasteiger partial charge on any atom is 0.287 e. The minimum atomic E-state index is -0.294. The third-order valence-corrected chi connectivity index (χ3v) is 5.16. The Bertz CT molecular complexity index is 1190. The van der Waals surface area contributed by atoms with Crippen LogP contribution in [0.15, 0.2) is 65.1 Å². The predicted molar refractivity (Wildman–Crippen MR) is 120 cm³/mol. The Hall–Kier alpha value is -3.67. The van der Waals surface area contributed by atoms with E-state index < -0.39 is 0 Å². The minimum absolute atomic E-state index is 0.00726. The highest BCUT2D eigenvalue weighted by Gasteiger charge is 2.22. The van der Waals surface area contributed by atoms with E-state index in [9.17, 15) is 9.59 Å². The van der Waals surface area contributed by atoms with Gasteiger partial charge >= 0.3 is 0 Å². The molecular weight excluding hydrogens is 390 g/mol. The molecule has 2 N–H and O–H groups in total. The average Bonchev–Trinajstić information content (AvgIpc) is 3.40. The van der Waals surface area contributed by atoms with Crippen molar-refractivity contribution in [1.82, 2.24) is 15.3 Å². The van der Waals surface area contributed by atoms with Crippen LogP contribution in [0, 0.1) is 5.92 Å². The number of aromatic nitrogens is 2. The van der Waals surface area contributed by atoms with Crippen LogP contribution in [0.2, 0.25) is 0 Å². The highest BCUT2D eigenvalue weighted by Crippen LogP contribution is 2.25. The van der Waals surface area contributed by atoms with Gasteiger partial charge in [-0.3, -0.25) is 9.59 Å². The smallest absolute Gasteiger partial charge is 0.287 e. The van der Waals surface area contributed by atoms with E-state index in [0.717, 1.165) is 28.8 Å². The lowest BCUT2D eigenvalue weighted by atomic mass is 10.0. The highest BCUT2D eigenvalue weighted by atomic mass is 16.3. The number of nitrogens with zero attached hydrogens (tertiary/aromatic N) is 1. The zero-order valence-electron chi connectivity index (χ0n) is 17.8. The van der Waals surface area contributed by atoms with Crippen molar-refractivity contribution < 1.29 is 14.0 Å². The van der Waals surface area contributed by atoms with Gasteiger partial charge in [0.2, 0.25) is 0 Å². The molecule has 158 valence electrons. The number of ketones is 1. The Kier molecular flexibility index (Phi) is 5.71. The van der Waals surface area contributed by atoms with Crippen LogP contribution in [-0.2, 0) is 0 Å². The average molecular weight is 415 g/mol. The van der Waals surface area contributed by atoms with Crippen LogP contribution >= 0.6 is 0 Å². The molecule has 0 saturated heterocycles. The van der Waals surface area contributed by atoms with Gasteiger partial charge in [0.1, 0.15) is 11.6 Å². The Morgan fingerprint density at radius 1 is 1.03 bits per heavy atom. The second kappa shape index (κ2) is 8.60. The number of amides is 1. The topological polar surface area (TPSA) is 88.0 Å². The number of nitrogens with one attached hydrogen (secondary N) is 2. The van der Waals surface area contributed by atoms with Crippen molar-refractivity contribution in [3.63, 3.8) is 0 Å². The summed E-state index contributed by atoms with van der Waals surface area (Å²) in [5, 5.41) is 3.06. The maximum absolute atomic E-state index is 12.9. The Morgan fingerprint density at radius 2 is 1.77 bits per heavy atom. The molecule has 0 spiro atoms. The molecule has 0 unspecified atom stereocenters. The van der Waals surface area contributed by atoms with Crippen molar-refractivity contribution in [1.29, 1.82) is 0 Å². The molecule has 6 heteroatoms. The molecule has 6 nitrogen and oxygen atoms in total. The molecule has 0 fully saturated rings. The number of fused-ring (bicyclic) bond motifs is 1. The van der Waals surface area contributed by atoms with Gasteiger partial charge in [0.25, 0.3) is 5.91 Å². The predicted octanol–water partition coefficient (Wildman–Crippen LogP) is 5.54. The van der Waals surface area contributed by atoms with Gasteiger partial charge in [-0.1, -0.05) is 50.2 Å². The van der Waals surface area contributed by atoms with Gasteiger partial charge in [-0.25, -0.2) is 4.98 Å². The van der Waals surface area contributed by atoms with Crippen molar-refractivity contribution in [3.8, 4) is 11.3 Å². The highest BCUT2D eigenvalue weighted by molar-refractivity contribution is 5.94. The van der Waals surface area contributed by atoms with E-state index in [1.165, 1.54) is 6.92 Å². The van der Waals surface area contributed by atoms with Crippen LogP contribution in [-0.4, -0.2) is 21.7 Å². The summed E-state index contributed by atoms with van der Waals surface area (Å²) >= 11 is 0. The summed E-state index contributed by atoms with van der Waals surface area (Å²) < 4.78 is 5.80. The number of H-pyrrole nitrogens is 1. The SMILES string of the molecule is CC(=O)c1ccc(-c2ccc(C(=O)N[C@H](CC(C)C)c3nc4ccccc4[nH]3)o2)cc1. The van der Waals surface area contributed by atoms with E-state index in [4.69, 9.17) is 4.42 Å². The van der Waals surface area contributed by atoms with E-state index in [-0.39, 0.29) is 23.5 Å². The molecule has 0 aliphatic carbocycles. The van der Waals surface area contributed by atoms with Gasteiger partial charge in [-0.2, -0.15) is 0 Å². The van der Waals surface area contributed by atoms with E-state index in [1.54, 1.807) is 24.3 Å². The molecule has 0 radical (unpaired) electrons. The number of hydrogen-bond donors (Lipinski definition) is 2. The largest absolute Gasteiger partial charge is 0.451 e. The third kappa shape index (κ3) is 4.58. The monoisotopic (exact) mass is 415 g/mol. The fraction of sp³-hybridized carbons (Fsp3) is 0.240. The van der Waals surface area contributed by atoms with Gasteiger partial charge in [-0.15, -0.1) is 0 Å². The molecule has 0 saturated carbocycles. The van der Waals surface area contributed by atoms with Gasteiger partial charge in [0.15, 0.2) is 11.5 Å².